The number of carboxylic acid groups (broad SMARTS) is 1. The highest BCUT2D eigenvalue weighted by Gasteiger charge is 2.28. The maximum Gasteiger partial charge on any atom is 0.320 e. The summed E-state index contributed by atoms with van der Waals surface area (Å²) in [5, 5.41) is 10.0. The van der Waals surface area contributed by atoms with Crippen molar-refractivity contribution in [2.45, 2.75) is 13.0 Å². The first-order valence-electron chi connectivity index (χ1n) is 7.79. The highest BCUT2D eigenvalue weighted by atomic mass is 16.4. The lowest BCUT2D eigenvalue weighted by atomic mass is 10.1. The number of piperazine rings is 1. The van der Waals surface area contributed by atoms with Gasteiger partial charge in [0.2, 0.25) is 0 Å². The van der Waals surface area contributed by atoms with E-state index in [9.17, 15) is 9.59 Å². The second-order valence-electron chi connectivity index (χ2n) is 6.01. The van der Waals surface area contributed by atoms with E-state index in [0.717, 1.165) is 10.9 Å². The zero-order chi connectivity index (χ0) is 16.6. The van der Waals surface area contributed by atoms with Crippen molar-refractivity contribution in [2.75, 3.05) is 26.2 Å². The summed E-state index contributed by atoms with van der Waals surface area (Å²) in [6.45, 7) is 3.97. The number of para-hydroxylation sites is 1. The first kappa shape index (κ1) is 15.6. The number of amides is 1. The molecular weight excluding hydrogens is 294 g/mol. The molecule has 2 heterocycles. The Bertz CT molecular complexity index is 745. The van der Waals surface area contributed by atoms with E-state index in [0.29, 0.717) is 31.7 Å². The number of carbonyl (C=O) groups is 2. The van der Waals surface area contributed by atoms with Gasteiger partial charge in [-0.05, 0) is 13.0 Å². The summed E-state index contributed by atoms with van der Waals surface area (Å²) in [6, 6.07) is 7.35. The SMILES string of the molecule is CC(C(=O)O)N1CCN(C(=O)c2cn(C)c3ccccc23)CC1. The van der Waals surface area contributed by atoms with Crippen LogP contribution >= 0.6 is 0 Å². The van der Waals surface area contributed by atoms with E-state index < -0.39 is 12.0 Å². The maximum atomic E-state index is 12.8. The molecule has 23 heavy (non-hydrogen) atoms. The minimum Gasteiger partial charge on any atom is -0.480 e. The fourth-order valence-electron chi connectivity index (χ4n) is 3.15. The van der Waals surface area contributed by atoms with Gasteiger partial charge in [-0.3, -0.25) is 14.5 Å². The average molecular weight is 315 g/mol. The fourth-order valence-corrected chi connectivity index (χ4v) is 3.15. The van der Waals surface area contributed by atoms with Crippen LogP contribution in [0.5, 0.6) is 0 Å². The number of carbonyl (C=O) groups excluding carboxylic acids is 1. The van der Waals surface area contributed by atoms with Gasteiger partial charge in [0.05, 0.1) is 5.56 Å². The van der Waals surface area contributed by atoms with Crippen molar-refractivity contribution in [1.29, 1.82) is 0 Å². The van der Waals surface area contributed by atoms with Crippen molar-refractivity contribution >= 4 is 22.8 Å². The minimum absolute atomic E-state index is 0.0180. The number of benzene rings is 1. The lowest BCUT2D eigenvalue weighted by molar-refractivity contribution is -0.143. The predicted molar refractivity (Wildman–Crippen MR) is 87.5 cm³/mol. The van der Waals surface area contributed by atoms with Crippen molar-refractivity contribution in [2.24, 2.45) is 7.05 Å². The summed E-state index contributed by atoms with van der Waals surface area (Å²) in [7, 11) is 1.94. The number of nitrogens with zero attached hydrogens (tertiary/aromatic N) is 3. The Balaban J connectivity index is 1.76. The highest BCUT2D eigenvalue weighted by Crippen LogP contribution is 2.22. The number of fused-ring (bicyclic) bond motifs is 1. The Kier molecular flexibility index (Phi) is 4.09. The quantitative estimate of drug-likeness (QED) is 0.930. The summed E-state index contributed by atoms with van der Waals surface area (Å²) in [4.78, 5) is 27.6. The number of aromatic nitrogens is 1. The Morgan fingerprint density at radius 3 is 2.43 bits per heavy atom. The standard InChI is InChI=1S/C17H21N3O3/c1-12(17(22)23)19-7-9-20(10-8-19)16(21)14-11-18(2)15-6-4-3-5-13(14)15/h3-6,11-12H,7-10H2,1-2H3,(H,22,23). The second-order valence-corrected chi connectivity index (χ2v) is 6.01. The molecule has 1 unspecified atom stereocenters. The van der Waals surface area contributed by atoms with Gasteiger partial charge in [-0.1, -0.05) is 18.2 Å². The summed E-state index contributed by atoms with van der Waals surface area (Å²) in [6.07, 6.45) is 1.87. The summed E-state index contributed by atoms with van der Waals surface area (Å²) in [5.74, 6) is -0.803. The van der Waals surface area contributed by atoms with Crippen LogP contribution < -0.4 is 0 Å². The molecule has 0 radical (unpaired) electrons. The zero-order valence-corrected chi connectivity index (χ0v) is 13.4. The third-order valence-corrected chi connectivity index (χ3v) is 4.63. The number of aryl methyl sites for hydroxylation is 1. The molecule has 1 atom stereocenters. The predicted octanol–water partition coefficient (Wildman–Crippen LogP) is 1.41. The van der Waals surface area contributed by atoms with Crippen molar-refractivity contribution < 1.29 is 14.7 Å². The van der Waals surface area contributed by atoms with Crippen LogP contribution in [0.15, 0.2) is 30.5 Å². The molecule has 1 fully saturated rings. The smallest absolute Gasteiger partial charge is 0.320 e. The third kappa shape index (κ3) is 2.82. The van der Waals surface area contributed by atoms with Gasteiger partial charge in [0.15, 0.2) is 0 Å². The molecule has 0 spiro atoms. The molecule has 0 bridgehead atoms. The van der Waals surface area contributed by atoms with Crippen LogP contribution in [0.1, 0.15) is 17.3 Å². The topological polar surface area (TPSA) is 65.8 Å². The van der Waals surface area contributed by atoms with Gasteiger partial charge in [-0.15, -0.1) is 0 Å². The largest absolute Gasteiger partial charge is 0.480 e. The first-order chi connectivity index (χ1) is 11.0. The van der Waals surface area contributed by atoms with Gasteiger partial charge in [-0.25, -0.2) is 0 Å². The molecule has 1 N–H and O–H groups in total. The normalized spacial score (nSPS) is 17.4. The molecule has 6 heteroatoms. The van der Waals surface area contributed by atoms with E-state index in [2.05, 4.69) is 0 Å². The summed E-state index contributed by atoms with van der Waals surface area (Å²) >= 11 is 0. The zero-order valence-electron chi connectivity index (χ0n) is 13.4. The van der Waals surface area contributed by atoms with E-state index in [-0.39, 0.29) is 5.91 Å². The molecule has 122 valence electrons. The molecule has 1 aliphatic heterocycles. The molecule has 1 saturated heterocycles. The molecular formula is C17H21N3O3. The van der Waals surface area contributed by atoms with Crippen LogP contribution in [-0.2, 0) is 11.8 Å². The van der Waals surface area contributed by atoms with E-state index in [1.165, 1.54) is 0 Å². The molecule has 1 amide bonds. The van der Waals surface area contributed by atoms with Gasteiger partial charge in [0, 0.05) is 50.3 Å². The number of carboxylic acids is 1. The van der Waals surface area contributed by atoms with Crippen LogP contribution in [0.2, 0.25) is 0 Å². The number of hydrogen-bond acceptors (Lipinski definition) is 3. The van der Waals surface area contributed by atoms with Crippen molar-refractivity contribution in [3.8, 4) is 0 Å². The van der Waals surface area contributed by atoms with Crippen molar-refractivity contribution in [3.05, 3.63) is 36.0 Å². The third-order valence-electron chi connectivity index (χ3n) is 4.63. The molecule has 6 nitrogen and oxygen atoms in total. The lowest BCUT2D eigenvalue weighted by Crippen LogP contribution is -2.53. The molecule has 0 aliphatic carbocycles. The molecule has 1 aromatic carbocycles. The van der Waals surface area contributed by atoms with E-state index >= 15 is 0 Å². The molecule has 1 aromatic heterocycles. The van der Waals surface area contributed by atoms with Gasteiger partial charge in [0.25, 0.3) is 5.91 Å². The van der Waals surface area contributed by atoms with Crippen molar-refractivity contribution in [3.63, 3.8) is 0 Å². The van der Waals surface area contributed by atoms with Gasteiger partial charge >= 0.3 is 5.97 Å². The van der Waals surface area contributed by atoms with Gasteiger partial charge in [-0.2, -0.15) is 0 Å². The minimum atomic E-state index is -0.821. The Morgan fingerprint density at radius 2 is 1.78 bits per heavy atom. The average Bonchev–Trinajstić information content (AvgIpc) is 2.91. The first-order valence-corrected chi connectivity index (χ1v) is 7.79. The number of hydrogen-bond donors (Lipinski definition) is 1. The number of rotatable bonds is 3. The summed E-state index contributed by atoms with van der Waals surface area (Å²) in [5.41, 5.74) is 1.75. The van der Waals surface area contributed by atoms with Crippen LogP contribution in [0.4, 0.5) is 0 Å². The monoisotopic (exact) mass is 315 g/mol. The van der Waals surface area contributed by atoms with E-state index in [4.69, 9.17) is 5.11 Å². The van der Waals surface area contributed by atoms with Crippen molar-refractivity contribution in [1.82, 2.24) is 14.4 Å². The fraction of sp³-hybridized carbons (Fsp3) is 0.412. The maximum absolute atomic E-state index is 12.8. The van der Waals surface area contributed by atoms with Crippen LogP contribution in [-0.4, -0.2) is 63.6 Å². The van der Waals surface area contributed by atoms with Crippen LogP contribution in [0.25, 0.3) is 10.9 Å². The Labute approximate surface area is 134 Å². The van der Waals surface area contributed by atoms with Gasteiger partial charge < -0.3 is 14.6 Å². The summed E-state index contributed by atoms with van der Waals surface area (Å²) < 4.78 is 1.96. The molecule has 3 rings (SSSR count). The molecule has 0 saturated carbocycles. The molecule has 2 aromatic rings. The van der Waals surface area contributed by atoms with E-state index in [1.807, 2.05) is 51.9 Å². The lowest BCUT2D eigenvalue weighted by Gasteiger charge is -2.36. The molecule has 1 aliphatic rings. The van der Waals surface area contributed by atoms with Gasteiger partial charge in [0.1, 0.15) is 6.04 Å². The Morgan fingerprint density at radius 1 is 1.13 bits per heavy atom. The Hall–Kier alpha value is -2.34. The highest BCUT2D eigenvalue weighted by molar-refractivity contribution is 6.07. The van der Waals surface area contributed by atoms with Crippen LogP contribution in [0.3, 0.4) is 0 Å². The van der Waals surface area contributed by atoms with Crippen LogP contribution in [0, 0.1) is 0 Å². The van der Waals surface area contributed by atoms with E-state index in [1.54, 1.807) is 6.92 Å². The second kappa shape index (κ2) is 6.04. The number of aliphatic carboxylic acids is 1.